The molecule has 17 heavy (non-hydrogen) atoms. The van der Waals surface area contributed by atoms with Gasteiger partial charge in [-0.3, -0.25) is 4.98 Å². The standard InChI is InChI=1S/C13H15N3O/c1-10-2-3-11-13(15-10)12(4-5-14-11)16-6-8-17-9-7-16/h2-5H,6-9H2,1H3. The van der Waals surface area contributed by atoms with E-state index in [1.807, 2.05) is 31.3 Å². The molecule has 3 heterocycles. The SMILES string of the molecule is Cc1ccc2nccc(N3CCOCC3)c2n1. The number of nitrogens with zero attached hydrogens (tertiary/aromatic N) is 3. The second kappa shape index (κ2) is 4.30. The largest absolute Gasteiger partial charge is 0.378 e. The first-order valence-corrected chi connectivity index (χ1v) is 5.90. The van der Waals surface area contributed by atoms with Gasteiger partial charge in [-0.25, -0.2) is 4.98 Å². The van der Waals surface area contributed by atoms with E-state index in [1.54, 1.807) is 0 Å². The van der Waals surface area contributed by atoms with Gasteiger partial charge >= 0.3 is 0 Å². The number of morpholine rings is 1. The van der Waals surface area contributed by atoms with Crippen molar-refractivity contribution in [2.24, 2.45) is 0 Å². The van der Waals surface area contributed by atoms with E-state index in [0.717, 1.165) is 43.0 Å². The fraction of sp³-hybridized carbons (Fsp3) is 0.385. The Kier molecular flexibility index (Phi) is 2.65. The van der Waals surface area contributed by atoms with Crippen molar-refractivity contribution in [2.45, 2.75) is 6.92 Å². The van der Waals surface area contributed by atoms with Gasteiger partial charge in [-0.05, 0) is 25.1 Å². The molecule has 0 saturated carbocycles. The molecule has 4 nitrogen and oxygen atoms in total. The Labute approximate surface area is 100 Å². The maximum absolute atomic E-state index is 5.38. The van der Waals surface area contributed by atoms with E-state index in [4.69, 9.17) is 4.74 Å². The van der Waals surface area contributed by atoms with Crippen molar-refractivity contribution < 1.29 is 4.74 Å². The first kappa shape index (κ1) is 10.5. The lowest BCUT2D eigenvalue weighted by molar-refractivity contribution is 0.123. The molecule has 0 aromatic carbocycles. The number of aryl methyl sites for hydroxylation is 1. The van der Waals surface area contributed by atoms with Crippen LogP contribution in [0.25, 0.3) is 11.0 Å². The van der Waals surface area contributed by atoms with Crippen LogP contribution in [0.15, 0.2) is 24.4 Å². The molecule has 0 spiro atoms. The highest BCUT2D eigenvalue weighted by atomic mass is 16.5. The third-order valence-electron chi connectivity index (χ3n) is 3.05. The molecule has 4 heteroatoms. The fourth-order valence-corrected chi connectivity index (χ4v) is 2.17. The number of fused-ring (bicyclic) bond motifs is 1. The van der Waals surface area contributed by atoms with E-state index < -0.39 is 0 Å². The molecule has 2 aromatic rings. The van der Waals surface area contributed by atoms with Crippen molar-refractivity contribution in [2.75, 3.05) is 31.2 Å². The summed E-state index contributed by atoms with van der Waals surface area (Å²) in [5, 5.41) is 0. The summed E-state index contributed by atoms with van der Waals surface area (Å²) < 4.78 is 5.38. The van der Waals surface area contributed by atoms with Crippen LogP contribution in [0, 0.1) is 6.92 Å². The minimum Gasteiger partial charge on any atom is -0.378 e. The number of ether oxygens (including phenoxy) is 1. The van der Waals surface area contributed by atoms with Gasteiger partial charge in [-0.15, -0.1) is 0 Å². The smallest absolute Gasteiger partial charge is 0.112 e. The highest BCUT2D eigenvalue weighted by Crippen LogP contribution is 2.24. The quantitative estimate of drug-likeness (QED) is 0.747. The molecular weight excluding hydrogens is 214 g/mol. The molecule has 0 radical (unpaired) electrons. The summed E-state index contributed by atoms with van der Waals surface area (Å²) in [6, 6.07) is 6.07. The van der Waals surface area contributed by atoms with Gasteiger partial charge in [0, 0.05) is 25.0 Å². The summed E-state index contributed by atoms with van der Waals surface area (Å²) >= 11 is 0. The molecule has 1 saturated heterocycles. The van der Waals surface area contributed by atoms with Crippen molar-refractivity contribution >= 4 is 16.7 Å². The molecule has 0 N–H and O–H groups in total. The topological polar surface area (TPSA) is 38.2 Å². The number of aromatic nitrogens is 2. The third-order valence-corrected chi connectivity index (χ3v) is 3.05. The molecule has 88 valence electrons. The monoisotopic (exact) mass is 229 g/mol. The third kappa shape index (κ3) is 1.96. The summed E-state index contributed by atoms with van der Waals surface area (Å²) in [5.41, 5.74) is 4.15. The molecule has 0 unspecified atom stereocenters. The number of hydrogen-bond donors (Lipinski definition) is 0. The number of rotatable bonds is 1. The second-order valence-electron chi connectivity index (χ2n) is 4.25. The first-order valence-electron chi connectivity index (χ1n) is 5.90. The Morgan fingerprint density at radius 1 is 1.18 bits per heavy atom. The highest BCUT2D eigenvalue weighted by molar-refractivity contribution is 5.87. The van der Waals surface area contributed by atoms with Gasteiger partial charge in [0.2, 0.25) is 0 Å². The van der Waals surface area contributed by atoms with E-state index in [9.17, 15) is 0 Å². The molecule has 0 atom stereocenters. The summed E-state index contributed by atoms with van der Waals surface area (Å²) in [7, 11) is 0. The average molecular weight is 229 g/mol. The Balaban J connectivity index is 2.11. The van der Waals surface area contributed by atoms with Crippen molar-refractivity contribution in [3.63, 3.8) is 0 Å². The molecule has 1 aliphatic rings. The van der Waals surface area contributed by atoms with Crippen LogP contribution in [0.5, 0.6) is 0 Å². The van der Waals surface area contributed by atoms with Crippen LogP contribution in [-0.2, 0) is 4.74 Å². The van der Waals surface area contributed by atoms with Gasteiger partial charge in [0.05, 0.1) is 24.4 Å². The molecule has 1 aliphatic heterocycles. The van der Waals surface area contributed by atoms with E-state index in [-0.39, 0.29) is 0 Å². The van der Waals surface area contributed by atoms with E-state index in [2.05, 4.69) is 14.9 Å². The van der Waals surface area contributed by atoms with Crippen molar-refractivity contribution in [3.8, 4) is 0 Å². The van der Waals surface area contributed by atoms with Crippen molar-refractivity contribution in [1.82, 2.24) is 9.97 Å². The van der Waals surface area contributed by atoms with Crippen LogP contribution in [0.1, 0.15) is 5.69 Å². The summed E-state index contributed by atoms with van der Waals surface area (Å²) in [5.74, 6) is 0. The Morgan fingerprint density at radius 3 is 2.82 bits per heavy atom. The molecule has 1 fully saturated rings. The van der Waals surface area contributed by atoms with Crippen molar-refractivity contribution in [1.29, 1.82) is 0 Å². The van der Waals surface area contributed by atoms with Crippen molar-refractivity contribution in [3.05, 3.63) is 30.1 Å². The van der Waals surface area contributed by atoms with Gasteiger partial charge in [0.15, 0.2) is 0 Å². The zero-order chi connectivity index (χ0) is 11.7. The summed E-state index contributed by atoms with van der Waals surface area (Å²) in [6.45, 7) is 5.43. The van der Waals surface area contributed by atoms with E-state index >= 15 is 0 Å². The Hall–Kier alpha value is -1.68. The number of pyridine rings is 2. The predicted molar refractivity (Wildman–Crippen MR) is 67.3 cm³/mol. The normalized spacial score (nSPS) is 16.4. The summed E-state index contributed by atoms with van der Waals surface area (Å²) in [6.07, 6.45) is 1.85. The Bertz CT molecular complexity index is 535. The Morgan fingerprint density at radius 2 is 2.00 bits per heavy atom. The van der Waals surface area contributed by atoms with Gasteiger partial charge < -0.3 is 9.64 Å². The lowest BCUT2D eigenvalue weighted by Gasteiger charge is -2.29. The zero-order valence-electron chi connectivity index (χ0n) is 9.89. The van der Waals surface area contributed by atoms with Crippen LogP contribution < -0.4 is 4.90 Å². The minimum atomic E-state index is 0.787. The lowest BCUT2D eigenvalue weighted by Crippen LogP contribution is -2.36. The van der Waals surface area contributed by atoms with E-state index in [0.29, 0.717) is 0 Å². The summed E-state index contributed by atoms with van der Waals surface area (Å²) in [4.78, 5) is 11.3. The average Bonchev–Trinajstić information content (AvgIpc) is 2.39. The van der Waals surface area contributed by atoms with Crippen LogP contribution in [0.4, 0.5) is 5.69 Å². The van der Waals surface area contributed by atoms with Gasteiger partial charge in [0.25, 0.3) is 0 Å². The zero-order valence-corrected chi connectivity index (χ0v) is 9.89. The minimum absolute atomic E-state index is 0.787. The molecule has 0 amide bonds. The molecular formula is C13H15N3O. The second-order valence-corrected chi connectivity index (χ2v) is 4.25. The number of anilines is 1. The maximum Gasteiger partial charge on any atom is 0.112 e. The van der Waals surface area contributed by atoms with Crippen LogP contribution in [0.2, 0.25) is 0 Å². The fourth-order valence-electron chi connectivity index (χ4n) is 2.17. The molecule has 3 rings (SSSR count). The van der Waals surface area contributed by atoms with Crippen LogP contribution >= 0.6 is 0 Å². The first-order chi connectivity index (χ1) is 8.34. The lowest BCUT2D eigenvalue weighted by atomic mass is 10.2. The molecule has 0 aliphatic carbocycles. The number of hydrogen-bond acceptors (Lipinski definition) is 4. The van der Waals surface area contributed by atoms with E-state index in [1.165, 1.54) is 5.69 Å². The van der Waals surface area contributed by atoms with Gasteiger partial charge in [0.1, 0.15) is 5.52 Å². The molecule has 2 aromatic heterocycles. The highest BCUT2D eigenvalue weighted by Gasteiger charge is 2.14. The van der Waals surface area contributed by atoms with Gasteiger partial charge in [-0.2, -0.15) is 0 Å². The molecule has 0 bridgehead atoms. The van der Waals surface area contributed by atoms with Crippen LogP contribution in [0.3, 0.4) is 0 Å². The van der Waals surface area contributed by atoms with Gasteiger partial charge in [-0.1, -0.05) is 0 Å². The van der Waals surface area contributed by atoms with Crippen LogP contribution in [-0.4, -0.2) is 36.3 Å². The predicted octanol–water partition coefficient (Wildman–Crippen LogP) is 1.77. The maximum atomic E-state index is 5.38.